The van der Waals surface area contributed by atoms with Crippen LogP contribution in [0.25, 0.3) is 103 Å². The number of fused-ring (bicyclic) bond motifs is 10. The van der Waals surface area contributed by atoms with Crippen LogP contribution in [0.1, 0.15) is 0 Å². The van der Waals surface area contributed by atoms with Crippen LogP contribution in [0.2, 0.25) is 0 Å². The number of hydrogen-bond donors (Lipinski definition) is 0. The fourth-order valence-electron chi connectivity index (χ4n) is 8.07. The third-order valence-corrected chi connectivity index (χ3v) is 11.2. The summed E-state index contributed by atoms with van der Waals surface area (Å²) in [5.74, 6) is 0. The number of para-hydroxylation sites is 1. The SMILES string of the molecule is c1ccc2c(c1)-c1cccc3c(-c4ccc5cc(-n6c7ccccc7c7cc8c(cc76)sc6ccccc68)ccc5c4)ccc-2c13. The molecule has 0 saturated carbocycles. The Hall–Kier alpha value is -5.70. The number of rotatable bonds is 2. The van der Waals surface area contributed by atoms with Gasteiger partial charge in [-0.05, 0) is 97.4 Å². The zero-order chi connectivity index (χ0) is 29.9. The minimum Gasteiger partial charge on any atom is -0.309 e. The molecule has 0 N–H and O–H groups in total. The molecule has 0 saturated heterocycles. The molecule has 0 unspecified atom stereocenters. The van der Waals surface area contributed by atoms with Crippen LogP contribution in [-0.2, 0) is 0 Å². The quantitative estimate of drug-likeness (QED) is 0.186. The predicted molar refractivity (Wildman–Crippen MR) is 199 cm³/mol. The summed E-state index contributed by atoms with van der Waals surface area (Å²) in [5.41, 5.74) is 11.6. The molecular formula is C44H25NS. The molecule has 0 aliphatic heterocycles. The fourth-order valence-corrected chi connectivity index (χ4v) is 9.19. The van der Waals surface area contributed by atoms with Crippen molar-refractivity contribution >= 4 is 74.9 Å². The van der Waals surface area contributed by atoms with Gasteiger partial charge in [0.25, 0.3) is 0 Å². The predicted octanol–water partition coefficient (Wildman–Crippen LogP) is 12.8. The van der Waals surface area contributed by atoms with Gasteiger partial charge in [0.2, 0.25) is 0 Å². The highest BCUT2D eigenvalue weighted by atomic mass is 32.1. The lowest BCUT2D eigenvalue weighted by atomic mass is 9.93. The van der Waals surface area contributed by atoms with Crippen molar-refractivity contribution in [2.24, 2.45) is 0 Å². The van der Waals surface area contributed by atoms with Gasteiger partial charge in [-0.1, -0.05) is 109 Å². The van der Waals surface area contributed by atoms with Crippen LogP contribution in [-0.4, -0.2) is 4.57 Å². The van der Waals surface area contributed by atoms with E-state index in [1.807, 2.05) is 11.3 Å². The Kier molecular flexibility index (Phi) is 4.78. The van der Waals surface area contributed by atoms with Crippen LogP contribution in [0.4, 0.5) is 0 Å². The van der Waals surface area contributed by atoms with Gasteiger partial charge in [-0.2, -0.15) is 0 Å². The maximum Gasteiger partial charge on any atom is 0.0555 e. The topological polar surface area (TPSA) is 4.93 Å². The molecule has 11 rings (SSSR count). The molecule has 0 atom stereocenters. The van der Waals surface area contributed by atoms with Crippen LogP contribution in [0.5, 0.6) is 0 Å². The summed E-state index contributed by atoms with van der Waals surface area (Å²) in [4.78, 5) is 0. The van der Waals surface area contributed by atoms with Crippen molar-refractivity contribution in [3.63, 3.8) is 0 Å². The standard InChI is InChI=1S/C44H25NS/c1-2-9-32-31(8-1)36-13-7-12-35-30(20-21-37(32)44(35)36)28-17-16-27-23-29(19-18-26(27)22-28)45-40-14-5-3-10-33(40)38-24-39-34-11-4-6-15-42(34)46-43(39)25-41(38)45/h1-25H. The normalized spacial score (nSPS) is 12.3. The van der Waals surface area contributed by atoms with E-state index < -0.39 is 0 Å². The maximum absolute atomic E-state index is 2.45. The molecule has 8 aromatic carbocycles. The third-order valence-electron chi connectivity index (χ3n) is 10.1. The molecule has 0 spiro atoms. The van der Waals surface area contributed by atoms with Crippen LogP contribution in [0, 0.1) is 0 Å². The molecule has 2 heterocycles. The Morgan fingerprint density at radius 2 is 1.07 bits per heavy atom. The Labute approximate surface area is 269 Å². The van der Waals surface area contributed by atoms with Crippen LogP contribution in [0.3, 0.4) is 0 Å². The van der Waals surface area contributed by atoms with Crippen LogP contribution < -0.4 is 0 Å². The number of benzene rings is 8. The molecular weight excluding hydrogens is 575 g/mol. The van der Waals surface area contributed by atoms with Crippen molar-refractivity contribution in [1.82, 2.24) is 4.57 Å². The van der Waals surface area contributed by atoms with Gasteiger partial charge < -0.3 is 4.57 Å². The largest absolute Gasteiger partial charge is 0.309 e. The average Bonchev–Trinajstić information content (AvgIpc) is 3.75. The first kappa shape index (κ1) is 24.6. The Morgan fingerprint density at radius 1 is 0.370 bits per heavy atom. The van der Waals surface area contributed by atoms with Gasteiger partial charge in [0.1, 0.15) is 0 Å². The second-order valence-corrected chi connectivity index (χ2v) is 13.6. The Morgan fingerprint density at radius 3 is 1.98 bits per heavy atom. The first-order chi connectivity index (χ1) is 22.8. The summed E-state index contributed by atoms with van der Waals surface area (Å²) in [6.45, 7) is 0. The van der Waals surface area contributed by atoms with Gasteiger partial charge >= 0.3 is 0 Å². The van der Waals surface area contributed by atoms with Crippen molar-refractivity contribution in [3.8, 4) is 39.1 Å². The van der Waals surface area contributed by atoms with Crippen molar-refractivity contribution < 1.29 is 0 Å². The van der Waals surface area contributed by atoms with Crippen molar-refractivity contribution in [2.45, 2.75) is 0 Å². The Bertz CT molecular complexity index is 2890. The highest BCUT2D eigenvalue weighted by Gasteiger charge is 2.22. The Balaban J connectivity index is 1.09. The zero-order valence-corrected chi connectivity index (χ0v) is 25.6. The first-order valence-electron chi connectivity index (χ1n) is 15.8. The van der Waals surface area contributed by atoms with E-state index in [-0.39, 0.29) is 0 Å². The van der Waals surface area contributed by atoms with Gasteiger partial charge in [0, 0.05) is 36.6 Å². The van der Waals surface area contributed by atoms with Crippen molar-refractivity contribution in [3.05, 3.63) is 152 Å². The van der Waals surface area contributed by atoms with E-state index in [1.54, 1.807) is 0 Å². The maximum atomic E-state index is 2.45. The van der Waals surface area contributed by atoms with Crippen molar-refractivity contribution in [1.29, 1.82) is 0 Å². The summed E-state index contributed by atoms with van der Waals surface area (Å²) < 4.78 is 5.12. The smallest absolute Gasteiger partial charge is 0.0555 e. The van der Waals surface area contributed by atoms with Crippen LogP contribution in [0.15, 0.2) is 152 Å². The molecule has 0 fully saturated rings. The fraction of sp³-hybridized carbons (Fsp3) is 0. The highest BCUT2D eigenvalue weighted by Crippen LogP contribution is 2.49. The summed E-state index contributed by atoms with van der Waals surface area (Å²) in [6.07, 6.45) is 0. The number of hydrogen-bond acceptors (Lipinski definition) is 1. The van der Waals surface area contributed by atoms with Gasteiger partial charge in [-0.15, -0.1) is 11.3 Å². The van der Waals surface area contributed by atoms with E-state index in [4.69, 9.17) is 0 Å². The van der Waals surface area contributed by atoms with Gasteiger partial charge in [0.15, 0.2) is 0 Å². The third kappa shape index (κ3) is 3.24. The summed E-state index contributed by atoms with van der Waals surface area (Å²) in [5, 5.41) is 10.5. The molecule has 1 nitrogen and oxygen atoms in total. The number of aromatic nitrogens is 1. The van der Waals surface area contributed by atoms with Gasteiger partial charge in [0.05, 0.1) is 11.0 Å². The molecule has 1 aliphatic carbocycles. The van der Waals surface area contributed by atoms with E-state index in [0.717, 1.165) is 0 Å². The molecule has 2 aromatic heterocycles. The average molecular weight is 600 g/mol. The zero-order valence-electron chi connectivity index (χ0n) is 24.8. The van der Waals surface area contributed by atoms with E-state index >= 15 is 0 Å². The van der Waals surface area contributed by atoms with Gasteiger partial charge in [-0.3, -0.25) is 0 Å². The molecule has 10 aromatic rings. The molecule has 0 radical (unpaired) electrons. The number of nitrogens with zero attached hydrogens (tertiary/aromatic N) is 1. The second kappa shape index (κ2) is 8.94. The lowest BCUT2D eigenvalue weighted by Crippen LogP contribution is -1.93. The summed E-state index contributed by atoms with van der Waals surface area (Å²) in [6, 6.07) is 56.5. The van der Waals surface area contributed by atoms with Gasteiger partial charge in [-0.25, -0.2) is 0 Å². The minimum absolute atomic E-state index is 1.19. The molecule has 2 heteroatoms. The number of thiophene rings is 1. The van der Waals surface area contributed by atoms with Crippen molar-refractivity contribution in [2.75, 3.05) is 0 Å². The highest BCUT2D eigenvalue weighted by molar-refractivity contribution is 7.25. The molecule has 46 heavy (non-hydrogen) atoms. The first-order valence-corrected chi connectivity index (χ1v) is 16.7. The lowest BCUT2D eigenvalue weighted by Gasteiger charge is -2.12. The van der Waals surface area contributed by atoms with E-state index in [0.29, 0.717) is 0 Å². The minimum atomic E-state index is 1.19. The van der Waals surface area contributed by atoms with E-state index in [9.17, 15) is 0 Å². The van der Waals surface area contributed by atoms with E-state index in [2.05, 4.69) is 156 Å². The van der Waals surface area contributed by atoms with E-state index in [1.165, 1.54) is 103 Å². The molecule has 212 valence electrons. The lowest BCUT2D eigenvalue weighted by molar-refractivity contribution is 1.19. The monoisotopic (exact) mass is 599 g/mol. The summed E-state index contributed by atoms with van der Waals surface area (Å²) in [7, 11) is 0. The summed E-state index contributed by atoms with van der Waals surface area (Å²) >= 11 is 1.88. The molecule has 1 aliphatic rings. The second-order valence-electron chi connectivity index (χ2n) is 12.5. The molecule has 0 amide bonds. The molecule has 0 bridgehead atoms. The van der Waals surface area contributed by atoms with Crippen LogP contribution >= 0.6 is 11.3 Å².